The predicted octanol–water partition coefficient (Wildman–Crippen LogP) is 3.35. The molecule has 25 heavy (non-hydrogen) atoms. The van der Waals surface area contributed by atoms with Crippen molar-refractivity contribution in [3.63, 3.8) is 0 Å². The standard InChI is InChI=1S/C18H23ClN4O.ClH/c1-13(20)17-8-4-5-9-23(17)18(24)15-10-21-22(12-15)11-14-6-2-3-7-16(14)19;/h2-3,6-7,10,12-13,17H,4-5,8-9,11,20H2,1H3;1H. The maximum atomic E-state index is 12.8. The van der Waals surface area contributed by atoms with Crippen molar-refractivity contribution in [1.82, 2.24) is 14.7 Å². The second kappa shape index (κ2) is 8.70. The van der Waals surface area contributed by atoms with Gasteiger partial charge in [-0.05, 0) is 37.8 Å². The summed E-state index contributed by atoms with van der Waals surface area (Å²) in [5.74, 6) is 0.0161. The molecule has 0 aliphatic carbocycles. The van der Waals surface area contributed by atoms with Gasteiger partial charge < -0.3 is 10.6 Å². The van der Waals surface area contributed by atoms with Crippen LogP contribution in [-0.2, 0) is 6.54 Å². The quantitative estimate of drug-likeness (QED) is 0.881. The van der Waals surface area contributed by atoms with Crippen LogP contribution in [0.5, 0.6) is 0 Å². The molecule has 2 heterocycles. The summed E-state index contributed by atoms with van der Waals surface area (Å²) in [5, 5.41) is 5.02. The number of likely N-dealkylation sites (tertiary alicyclic amines) is 1. The fraction of sp³-hybridized carbons (Fsp3) is 0.444. The van der Waals surface area contributed by atoms with E-state index in [0.717, 1.165) is 31.4 Å². The number of halogens is 2. The summed E-state index contributed by atoms with van der Waals surface area (Å²) in [6.45, 7) is 3.28. The Kier molecular flexibility index (Phi) is 6.87. The molecule has 0 saturated carbocycles. The van der Waals surface area contributed by atoms with Crippen LogP contribution in [0.15, 0.2) is 36.7 Å². The number of rotatable bonds is 4. The van der Waals surface area contributed by atoms with Crippen molar-refractivity contribution in [2.75, 3.05) is 6.54 Å². The Morgan fingerprint density at radius 2 is 2.16 bits per heavy atom. The monoisotopic (exact) mass is 382 g/mol. The summed E-state index contributed by atoms with van der Waals surface area (Å²) in [5.41, 5.74) is 7.65. The Morgan fingerprint density at radius 3 is 2.88 bits per heavy atom. The summed E-state index contributed by atoms with van der Waals surface area (Å²) >= 11 is 6.19. The third-order valence-corrected chi connectivity index (χ3v) is 4.96. The van der Waals surface area contributed by atoms with Crippen molar-refractivity contribution in [3.8, 4) is 0 Å². The second-order valence-electron chi connectivity index (χ2n) is 6.44. The Morgan fingerprint density at radius 1 is 1.40 bits per heavy atom. The van der Waals surface area contributed by atoms with Gasteiger partial charge in [0.15, 0.2) is 0 Å². The molecule has 3 rings (SSSR count). The third-order valence-electron chi connectivity index (χ3n) is 4.59. The molecule has 1 aromatic carbocycles. The molecule has 0 radical (unpaired) electrons. The topological polar surface area (TPSA) is 64.2 Å². The lowest BCUT2D eigenvalue weighted by atomic mass is 9.96. The van der Waals surface area contributed by atoms with Crippen LogP contribution < -0.4 is 5.73 Å². The van der Waals surface area contributed by atoms with Gasteiger partial charge >= 0.3 is 0 Å². The smallest absolute Gasteiger partial charge is 0.257 e. The minimum Gasteiger partial charge on any atom is -0.334 e. The maximum absolute atomic E-state index is 12.8. The SMILES string of the molecule is CC(N)C1CCCCN1C(=O)c1cnn(Cc2ccccc2Cl)c1.Cl. The van der Waals surface area contributed by atoms with Gasteiger partial charge in [-0.2, -0.15) is 5.10 Å². The van der Waals surface area contributed by atoms with Gasteiger partial charge in [0.1, 0.15) is 0 Å². The van der Waals surface area contributed by atoms with Crippen LogP contribution in [0.25, 0.3) is 0 Å². The normalized spacial score (nSPS) is 18.5. The van der Waals surface area contributed by atoms with Crippen LogP contribution >= 0.6 is 24.0 Å². The molecule has 136 valence electrons. The van der Waals surface area contributed by atoms with E-state index in [0.29, 0.717) is 17.1 Å². The number of hydrogen-bond donors (Lipinski definition) is 1. The van der Waals surface area contributed by atoms with Crippen molar-refractivity contribution in [3.05, 3.63) is 52.8 Å². The van der Waals surface area contributed by atoms with Crippen LogP contribution in [0.1, 0.15) is 42.1 Å². The van der Waals surface area contributed by atoms with Gasteiger partial charge in [0, 0.05) is 29.8 Å². The van der Waals surface area contributed by atoms with Gasteiger partial charge in [-0.25, -0.2) is 0 Å². The van der Waals surface area contributed by atoms with E-state index >= 15 is 0 Å². The number of carbonyl (C=O) groups excluding carboxylic acids is 1. The minimum atomic E-state index is -0.0209. The number of nitrogens with zero attached hydrogens (tertiary/aromatic N) is 3. The highest BCUT2D eigenvalue weighted by Crippen LogP contribution is 2.22. The lowest BCUT2D eigenvalue weighted by Gasteiger charge is -2.37. The van der Waals surface area contributed by atoms with Gasteiger partial charge in [-0.15, -0.1) is 12.4 Å². The molecule has 2 aromatic rings. The number of carbonyl (C=O) groups is 1. The molecular weight excluding hydrogens is 359 g/mol. The molecule has 1 aromatic heterocycles. The largest absolute Gasteiger partial charge is 0.334 e. The number of hydrogen-bond acceptors (Lipinski definition) is 3. The van der Waals surface area contributed by atoms with Crippen LogP contribution in [0.4, 0.5) is 0 Å². The fourth-order valence-electron chi connectivity index (χ4n) is 3.28. The lowest BCUT2D eigenvalue weighted by Crippen LogP contribution is -2.51. The highest BCUT2D eigenvalue weighted by Gasteiger charge is 2.30. The number of nitrogens with two attached hydrogens (primary N) is 1. The van der Waals surface area contributed by atoms with Gasteiger partial charge in [-0.1, -0.05) is 29.8 Å². The zero-order valence-corrected chi connectivity index (χ0v) is 15.8. The Hall–Kier alpha value is -1.56. The number of benzene rings is 1. The summed E-state index contributed by atoms with van der Waals surface area (Å²) in [6.07, 6.45) is 6.55. The first kappa shape index (κ1) is 19.8. The van der Waals surface area contributed by atoms with E-state index in [9.17, 15) is 4.79 Å². The molecule has 0 spiro atoms. The molecule has 0 bridgehead atoms. The molecule has 1 saturated heterocycles. The van der Waals surface area contributed by atoms with E-state index in [2.05, 4.69) is 5.10 Å². The van der Waals surface area contributed by atoms with Crippen molar-refractivity contribution in [2.45, 2.75) is 44.8 Å². The summed E-state index contributed by atoms with van der Waals surface area (Å²) < 4.78 is 1.75. The number of amides is 1. The lowest BCUT2D eigenvalue weighted by molar-refractivity contribution is 0.0583. The van der Waals surface area contributed by atoms with E-state index in [1.54, 1.807) is 17.1 Å². The van der Waals surface area contributed by atoms with E-state index in [4.69, 9.17) is 17.3 Å². The second-order valence-corrected chi connectivity index (χ2v) is 6.85. The van der Waals surface area contributed by atoms with E-state index in [1.165, 1.54) is 0 Å². The van der Waals surface area contributed by atoms with E-state index in [1.807, 2.05) is 36.1 Å². The van der Waals surface area contributed by atoms with Crippen molar-refractivity contribution >= 4 is 29.9 Å². The predicted molar refractivity (Wildman–Crippen MR) is 102 cm³/mol. The van der Waals surface area contributed by atoms with Gasteiger partial charge in [0.05, 0.1) is 18.3 Å². The van der Waals surface area contributed by atoms with Crippen LogP contribution in [0.2, 0.25) is 5.02 Å². The van der Waals surface area contributed by atoms with Crippen LogP contribution in [-0.4, -0.2) is 39.2 Å². The van der Waals surface area contributed by atoms with Gasteiger partial charge in [0.2, 0.25) is 0 Å². The molecule has 1 aliphatic heterocycles. The van der Waals surface area contributed by atoms with Crippen LogP contribution in [0.3, 0.4) is 0 Å². The van der Waals surface area contributed by atoms with Crippen molar-refractivity contribution in [1.29, 1.82) is 0 Å². The maximum Gasteiger partial charge on any atom is 0.257 e. The first-order chi connectivity index (χ1) is 11.6. The number of aromatic nitrogens is 2. The van der Waals surface area contributed by atoms with Gasteiger partial charge in [0.25, 0.3) is 5.91 Å². The highest BCUT2D eigenvalue weighted by atomic mass is 35.5. The molecule has 1 fully saturated rings. The zero-order valence-electron chi connectivity index (χ0n) is 14.3. The Bertz CT molecular complexity index is 717. The zero-order chi connectivity index (χ0) is 17.1. The van der Waals surface area contributed by atoms with Crippen LogP contribution in [0, 0.1) is 0 Å². The highest BCUT2D eigenvalue weighted by molar-refractivity contribution is 6.31. The van der Waals surface area contributed by atoms with E-state index < -0.39 is 0 Å². The fourth-order valence-corrected chi connectivity index (χ4v) is 3.48. The first-order valence-corrected chi connectivity index (χ1v) is 8.76. The third kappa shape index (κ3) is 4.54. The molecule has 2 atom stereocenters. The number of piperidine rings is 1. The van der Waals surface area contributed by atoms with Crippen molar-refractivity contribution < 1.29 is 4.79 Å². The summed E-state index contributed by atoms with van der Waals surface area (Å²) in [7, 11) is 0. The van der Waals surface area contributed by atoms with Gasteiger partial charge in [-0.3, -0.25) is 9.48 Å². The summed E-state index contributed by atoms with van der Waals surface area (Å²) in [4.78, 5) is 14.7. The molecule has 5 nitrogen and oxygen atoms in total. The molecular formula is C18H24Cl2N4O. The molecule has 1 aliphatic rings. The minimum absolute atomic E-state index is 0. The Labute approximate surface area is 159 Å². The first-order valence-electron chi connectivity index (χ1n) is 8.38. The molecule has 7 heteroatoms. The van der Waals surface area contributed by atoms with E-state index in [-0.39, 0.29) is 30.4 Å². The van der Waals surface area contributed by atoms with Crippen molar-refractivity contribution in [2.24, 2.45) is 5.73 Å². The summed E-state index contributed by atoms with van der Waals surface area (Å²) in [6, 6.07) is 7.74. The molecule has 1 amide bonds. The molecule has 2 N–H and O–H groups in total. The average molecular weight is 383 g/mol. The average Bonchev–Trinajstić information content (AvgIpc) is 3.05. The molecule has 2 unspecified atom stereocenters. The Balaban J connectivity index is 0.00000225.